The molecule has 5 heteroatoms. The van der Waals surface area contributed by atoms with Crippen LogP contribution in [0.4, 0.5) is 0 Å². The number of fused-ring (bicyclic) bond motifs is 8. The predicted molar refractivity (Wildman–Crippen MR) is 161 cm³/mol. The summed E-state index contributed by atoms with van der Waals surface area (Å²) in [4.78, 5) is 0. The van der Waals surface area contributed by atoms with Gasteiger partial charge in [-0.1, -0.05) is 54.6 Å². The highest BCUT2D eigenvalue weighted by Crippen LogP contribution is 2.57. The summed E-state index contributed by atoms with van der Waals surface area (Å²) < 4.78 is 23.8. The second kappa shape index (κ2) is 9.15. The van der Waals surface area contributed by atoms with Gasteiger partial charge in [0, 0.05) is 27.6 Å². The Morgan fingerprint density at radius 1 is 0.683 bits per heavy atom. The predicted octanol–water partition coefficient (Wildman–Crippen LogP) is 7.45. The molecule has 1 heterocycles. The molecule has 204 valence electrons. The molecule has 0 fully saturated rings. The maximum atomic E-state index is 12.1. The van der Waals surface area contributed by atoms with Gasteiger partial charge in [0.15, 0.2) is 5.60 Å². The van der Waals surface area contributed by atoms with E-state index in [1.807, 2.05) is 85.8 Å². The Kier molecular flexibility index (Phi) is 5.63. The molecule has 0 saturated carbocycles. The van der Waals surface area contributed by atoms with E-state index in [1.165, 1.54) is 0 Å². The smallest absolute Gasteiger partial charge is 0.178 e. The van der Waals surface area contributed by atoms with Crippen molar-refractivity contribution < 1.29 is 24.1 Å². The topological polar surface area (TPSA) is 57.2 Å². The van der Waals surface area contributed by atoms with E-state index in [1.54, 1.807) is 21.3 Å². The molecule has 2 aliphatic rings. The summed E-state index contributed by atoms with van der Waals surface area (Å²) in [5.41, 5.74) is 4.38. The summed E-state index contributed by atoms with van der Waals surface area (Å²) in [7, 11) is 4.98. The first-order valence-corrected chi connectivity index (χ1v) is 13.6. The van der Waals surface area contributed by atoms with Crippen LogP contribution in [0.25, 0.3) is 28.0 Å². The zero-order valence-electron chi connectivity index (χ0n) is 23.4. The molecule has 41 heavy (non-hydrogen) atoms. The first-order valence-electron chi connectivity index (χ1n) is 13.6. The Bertz CT molecular complexity index is 1780. The Labute approximate surface area is 239 Å². The molecule has 5 nitrogen and oxygen atoms in total. The quantitative estimate of drug-likeness (QED) is 0.250. The number of hydrogen-bond donors (Lipinski definition) is 1. The zero-order chi connectivity index (χ0) is 28.4. The van der Waals surface area contributed by atoms with E-state index >= 15 is 0 Å². The number of ether oxygens (including phenoxy) is 4. The van der Waals surface area contributed by atoms with Crippen LogP contribution in [0, 0.1) is 0 Å². The zero-order valence-corrected chi connectivity index (χ0v) is 23.4. The second-order valence-electron chi connectivity index (χ2n) is 10.7. The van der Waals surface area contributed by atoms with Gasteiger partial charge >= 0.3 is 0 Å². The second-order valence-corrected chi connectivity index (χ2v) is 10.7. The number of hydrogen-bond acceptors (Lipinski definition) is 5. The van der Waals surface area contributed by atoms with Gasteiger partial charge < -0.3 is 24.1 Å². The molecule has 0 aromatic heterocycles. The van der Waals surface area contributed by atoms with E-state index in [9.17, 15) is 5.11 Å². The third-order valence-electron chi connectivity index (χ3n) is 8.50. The van der Waals surface area contributed by atoms with Gasteiger partial charge in [-0.2, -0.15) is 0 Å². The molecule has 1 atom stereocenters. The summed E-state index contributed by atoms with van der Waals surface area (Å²) in [5, 5.41) is 14.0. The standard InChI is InChI=1S/C36H30O5/c1-35(37)31-8-6-5-7-28(31)32-27-18-17-26(40-4)21-30(27)34-29(33(32)35)19-20-36(41-34,22-9-13-24(38-2)14-10-22)23-11-15-25(39-3)16-12-23/h5-21,37H,1-4H3. The molecule has 7 rings (SSSR count). The van der Waals surface area contributed by atoms with Crippen molar-refractivity contribution in [2.75, 3.05) is 21.3 Å². The monoisotopic (exact) mass is 542 g/mol. The first kappa shape index (κ1) is 25.2. The maximum absolute atomic E-state index is 12.1. The molecular weight excluding hydrogens is 512 g/mol. The molecular formula is C36H30O5. The molecule has 0 radical (unpaired) electrons. The summed E-state index contributed by atoms with van der Waals surface area (Å²) in [5.74, 6) is 2.96. The minimum absolute atomic E-state index is 0.694. The van der Waals surface area contributed by atoms with Crippen molar-refractivity contribution in [3.05, 3.63) is 125 Å². The fourth-order valence-corrected chi connectivity index (χ4v) is 6.45. The number of rotatable bonds is 5. The van der Waals surface area contributed by atoms with Crippen LogP contribution < -0.4 is 18.9 Å². The van der Waals surface area contributed by atoms with Crippen LogP contribution in [0.5, 0.6) is 23.0 Å². The summed E-state index contributed by atoms with van der Waals surface area (Å²) in [6.45, 7) is 1.87. The van der Waals surface area contributed by atoms with Crippen LogP contribution in [0.15, 0.2) is 97.1 Å². The van der Waals surface area contributed by atoms with E-state index in [4.69, 9.17) is 18.9 Å². The van der Waals surface area contributed by atoms with Gasteiger partial charge in [0.2, 0.25) is 0 Å². The van der Waals surface area contributed by atoms with Gasteiger partial charge in [-0.3, -0.25) is 0 Å². The molecule has 1 unspecified atom stereocenters. The lowest BCUT2D eigenvalue weighted by molar-refractivity contribution is 0.105. The molecule has 1 aliphatic heterocycles. The minimum Gasteiger partial charge on any atom is -0.497 e. The van der Waals surface area contributed by atoms with Gasteiger partial charge in [0.05, 0.1) is 21.3 Å². The lowest BCUT2D eigenvalue weighted by Gasteiger charge is -2.38. The van der Waals surface area contributed by atoms with Crippen LogP contribution >= 0.6 is 0 Å². The van der Waals surface area contributed by atoms with Crippen molar-refractivity contribution in [2.45, 2.75) is 18.1 Å². The molecule has 1 aliphatic carbocycles. The van der Waals surface area contributed by atoms with Gasteiger partial charge in [-0.15, -0.1) is 0 Å². The van der Waals surface area contributed by atoms with E-state index in [0.29, 0.717) is 5.75 Å². The summed E-state index contributed by atoms with van der Waals surface area (Å²) in [6.07, 6.45) is 4.19. The van der Waals surface area contributed by atoms with Gasteiger partial charge in [-0.05, 0) is 77.5 Å². The Morgan fingerprint density at radius 3 is 1.88 bits per heavy atom. The highest BCUT2D eigenvalue weighted by atomic mass is 16.5. The van der Waals surface area contributed by atoms with E-state index < -0.39 is 11.2 Å². The number of benzene rings is 5. The summed E-state index contributed by atoms with van der Waals surface area (Å²) >= 11 is 0. The van der Waals surface area contributed by atoms with Crippen molar-refractivity contribution in [3.8, 4) is 34.1 Å². The summed E-state index contributed by atoms with van der Waals surface area (Å²) in [6, 6.07) is 30.0. The fraction of sp³-hybridized carbons (Fsp3) is 0.167. The molecule has 1 N–H and O–H groups in total. The molecule has 5 aromatic rings. The van der Waals surface area contributed by atoms with E-state index in [-0.39, 0.29) is 0 Å². The van der Waals surface area contributed by atoms with Crippen LogP contribution in [0.3, 0.4) is 0 Å². The van der Waals surface area contributed by atoms with Crippen LogP contribution in [0.2, 0.25) is 0 Å². The Hall–Kier alpha value is -4.74. The first-order chi connectivity index (χ1) is 19.9. The lowest BCUT2D eigenvalue weighted by Crippen LogP contribution is -2.35. The number of aliphatic hydroxyl groups is 1. The molecule has 5 aromatic carbocycles. The number of methoxy groups -OCH3 is 3. The normalized spacial score (nSPS) is 17.8. The van der Waals surface area contributed by atoms with Crippen LogP contribution in [0.1, 0.15) is 34.7 Å². The largest absolute Gasteiger partial charge is 0.497 e. The van der Waals surface area contributed by atoms with Gasteiger partial charge in [0.25, 0.3) is 0 Å². The van der Waals surface area contributed by atoms with Gasteiger partial charge in [-0.25, -0.2) is 0 Å². The van der Waals surface area contributed by atoms with E-state index in [2.05, 4.69) is 24.3 Å². The lowest BCUT2D eigenvalue weighted by atomic mass is 9.80. The van der Waals surface area contributed by atoms with Crippen molar-refractivity contribution in [2.24, 2.45) is 0 Å². The third kappa shape index (κ3) is 3.59. The van der Waals surface area contributed by atoms with Crippen molar-refractivity contribution in [1.82, 2.24) is 0 Å². The molecule has 0 bridgehead atoms. The Morgan fingerprint density at radius 2 is 1.27 bits per heavy atom. The van der Waals surface area contributed by atoms with Crippen molar-refractivity contribution >= 4 is 16.8 Å². The average Bonchev–Trinajstić information content (AvgIpc) is 3.27. The van der Waals surface area contributed by atoms with E-state index in [0.717, 1.165) is 67.0 Å². The van der Waals surface area contributed by atoms with Crippen molar-refractivity contribution in [1.29, 1.82) is 0 Å². The maximum Gasteiger partial charge on any atom is 0.178 e. The highest BCUT2D eigenvalue weighted by Gasteiger charge is 2.45. The van der Waals surface area contributed by atoms with Crippen molar-refractivity contribution in [3.63, 3.8) is 0 Å². The average molecular weight is 543 g/mol. The third-order valence-corrected chi connectivity index (χ3v) is 8.50. The molecule has 0 amide bonds. The Balaban J connectivity index is 1.55. The fourth-order valence-electron chi connectivity index (χ4n) is 6.45. The SMILES string of the molecule is COc1ccc(C2(c3ccc(OC)cc3)C=Cc3c4c(c5ccc(OC)cc5c3O2)-c2ccccc2C4(C)O)cc1. The minimum atomic E-state index is -1.20. The van der Waals surface area contributed by atoms with Crippen LogP contribution in [-0.2, 0) is 11.2 Å². The highest BCUT2D eigenvalue weighted by molar-refractivity contribution is 6.08. The molecule has 0 saturated heterocycles. The molecule has 0 spiro atoms. The van der Waals surface area contributed by atoms with Gasteiger partial charge in [0.1, 0.15) is 28.6 Å². The van der Waals surface area contributed by atoms with Crippen LogP contribution in [-0.4, -0.2) is 26.4 Å².